The van der Waals surface area contributed by atoms with Gasteiger partial charge in [-0.1, -0.05) is 6.07 Å². The van der Waals surface area contributed by atoms with Crippen molar-refractivity contribution in [2.45, 2.75) is 26.3 Å². The van der Waals surface area contributed by atoms with E-state index in [9.17, 15) is 0 Å². The van der Waals surface area contributed by atoms with Crippen LogP contribution >= 0.6 is 0 Å². The second-order valence-corrected chi connectivity index (χ2v) is 4.71. The molecule has 1 heterocycles. The van der Waals surface area contributed by atoms with Crippen molar-refractivity contribution in [3.63, 3.8) is 0 Å². The molecule has 0 saturated heterocycles. The Morgan fingerprint density at radius 3 is 2.89 bits per heavy atom. The number of nitrogens with one attached hydrogen (secondary N) is 1. The molecule has 0 aliphatic rings. The van der Waals surface area contributed by atoms with E-state index in [0.29, 0.717) is 0 Å². The number of rotatable bonds is 11. The fraction of sp³-hybridized carbons (Fsp3) is 0.667. The number of hydrogen-bond donors (Lipinski definition) is 1. The fourth-order valence-corrected chi connectivity index (χ4v) is 1.84. The van der Waals surface area contributed by atoms with E-state index in [1.165, 1.54) is 6.42 Å². The zero-order valence-corrected chi connectivity index (χ0v) is 12.3. The molecule has 108 valence electrons. The quantitative estimate of drug-likeness (QED) is 0.620. The van der Waals surface area contributed by atoms with E-state index in [0.717, 1.165) is 51.5 Å². The fourth-order valence-electron chi connectivity index (χ4n) is 1.84. The first-order valence-electron chi connectivity index (χ1n) is 7.20. The third-order valence-corrected chi connectivity index (χ3v) is 2.92. The third-order valence-electron chi connectivity index (χ3n) is 2.92. The molecule has 1 rings (SSSR count). The first-order chi connectivity index (χ1) is 9.33. The first kappa shape index (κ1) is 16.1. The molecule has 4 heteroatoms. The van der Waals surface area contributed by atoms with Crippen LogP contribution in [0.25, 0.3) is 0 Å². The summed E-state index contributed by atoms with van der Waals surface area (Å²) in [6.07, 6.45) is 4.17. The molecule has 0 radical (unpaired) electrons. The molecule has 0 amide bonds. The number of ether oxygens (including phenoxy) is 1. The molecule has 1 N–H and O–H groups in total. The van der Waals surface area contributed by atoms with Crippen LogP contribution in [0.3, 0.4) is 0 Å². The lowest BCUT2D eigenvalue weighted by Gasteiger charge is -2.16. The van der Waals surface area contributed by atoms with Gasteiger partial charge in [0.1, 0.15) is 0 Å². The number of pyridine rings is 1. The largest absolute Gasteiger partial charge is 0.382 e. The lowest BCUT2D eigenvalue weighted by Crippen LogP contribution is -2.29. The molecule has 19 heavy (non-hydrogen) atoms. The van der Waals surface area contributed by atoms with Gasteiger partial charge in [0.05, 0.1) is 5.69 Å². The molecule has 0 aliphatic carbocycles. The molecule has 0 saturated carbocycles. The Morgan fingerprint density at radius 1 is 1.26 bits per heavy atom. The van der Waals surface area contributed by atoms with Gasteiger partial charge in [-0.2, -0.15) is 0 Å². The van der Waals surface area contributed by atoms with Gasteiger partial charge in [-0.3, -0.25) is 9.88 Å². The van der Waals surface area contributed by atoms with Crippen LogP contribution in [0.4, 0.5) is 0 Å². The summed E-state index contributed by atoms with van der Waals surface area (Å²) >= 11 is 0. The molecule has 0 aliphatic heterocycles. The van der Waals surface area contributed by atoms with E-state index in [4.69, 9.17) is 4.74 Å². The maximum absolute atomic E-state index is 5.30. The van der Waals surface area contributed by atoms with Gasteiger partial charge in [-0.25, -0.2) is 0 Å². The lowest BCUT2D eigenvalue weighted by molar-refractivity contribution is 0.143. The Hall–Kier alpha value is -0.970. The minimum Gasteiger partial charge on any atom is -0.382 e. The minimum absolute atomic E-state index is 0.825. The van der Waals surface area contributed by atoms with Crippen LogP contribution in [0.15, 0.2) is 24.4 Å². The standard InChI is InChI=1S/C15H27N3O/c1-3-19-13-7-6-9-16-11-12-18(2)14-15-8-4-5-10-17-15/h4-5,8,10,16H,3,6-7,9,11-14H2,1-2H3. The van der Waals surface area contributed by atoms with Crippen molar-refractivity contribution >= 4 is 0 Å². The molecule has 1 aromatic heterocycles. The van der Waals surface area contributed by atoms with Crippen molar-refractivity contribution in [1.82, 2.24) is 15.2 Å². The number of unbranched alkanes of at least 4 members (excludes halogenated alkanes) is 1. The van der Waals surface area contributed by atoms with E-state index in [2.05, 4.69) is 28.3 Å². The van der Waals surface area contributed by atoms with Gasteiger partial charge in [0, 0.05) is 39.0 Å². The van der Waals surface area contributed by atoms with E-state index in [-0.39, 0.29) is 0 Å². The summed E-state index contributed by atoms with van der Waals surface area (Å²) in [6, 6.07) is 6.05. The van der Waals surface area contributed by atoms with Crippen LogP contribution < -0.4 is 5.32 Å². The Bertz CT molecular complexity index is 306. The van der Waals surface area contributed by atoms with Crippen LogP contribution in [-0.2, 0) is 11.3 Å². The average Bonchev–Trinajstić information content (AvgIpc) is 2.43. The highest BCUT2D eigenvalue weighted by Gasteiger charge is 2.00. The lowest BCUT2D eigenvalue weighted by atomic mass is 10.3. The van der Waals surface area contributed by atoms with Gasteiger partial charge < -0.3 is 10.1 Å². The van der Waals surface area contributed by atoms with Crippen molar-refractivity contribution in [2.24, 2.45) is 0 Å². The summed E-state index contributed by atoms with van der Waals surface area (Å²) in [5.74, 6) is 0. The highest BCUT2D eigenvalue weighted by Crippen LogP contribution is 1.97. The Balaban J connectivity index is 1.94. The van der Waals surface area contributed by atoms with Crippen molar-refractivity contribution in [3.05, 3.63) is 30.1 Å². The molecule has 0 fully saturated rings. The average molecular weight is 265 g/mol. The van der Waals surface area contributed by atoms with Crippen LogP contribution in [0.1, 0.15) is 25.5 Å². The Morgan fingerprint density at radius 2 is 2.16 bits per heavy atom. The zero-order chi connectivity index (χ0) is 13.8. The molecule has 4 nitrogen and oxygen atoms in total. The summed E-state index contributed by atoms with van der Waals surface area (Å²) in [5.41, 5.74) is 1.13. The normalized spacial score (nSPS) is 11.1. The van der Waals surface area contributed by atoms with Gasteiger partial charge in [-0.05, 0) is 45.5 Å². The van der Waals surface area contributed by atoms with Crippen LogP contribution in [-0.4, -0.2) is 49.8 Å². The van der Waals surface area contributed by atoms with Crippen LogP contribution in [0.2, 0.25) is 0 Å². The Labute approximate surface area is 117 Å². The first-order valence-corrected chi connectivity index (χ1v) is 7.20. The molecule has 0 atom stereocenters. The predicted octanol–water partition coefficient (Wildman–Crippen LogP) is 1.92. The molecular formula is C15H27N3O. The molecule has 0 spiro atoms. The SMILES string of the molecule is CCOCCCCNCCN(C)Cc1ccccn1. The van der Waals surface area contributed by atoms with Crippen molar-refractivity contribution in [3.8, 4) is 0 Å². The van der Waals surface area contributed by atoms with Gasteiger partial charge in [0.25, 0.3) is 0 Å². The minimum atomic E-state index is 0.825. The second kappa shape index (κ2) is 10.9. The molecule has 0 aromatic carbocycles. The number of hydrogen-bond acceptors (Lipinski definition) is 4. The molecule has 0 unspecified atom stereocenters. The summed E-state index contributed by atoms with van der Waals surface area (Å²) in [6.45, 7) is 7.80. The van der Waals surface area contributed by atoms with E-state index >= 15 is 0 Å². The summed E-state index contributed by atoms with van der Waals surface area (Å²) in [7, 11) is 2.13. The van der Waals surface area contributed by atoms with Gasteiger partial charge in [0.15, 0.2) is 0 Å². The number of aromatic nitrogens is 1. The van der Waals surface area contributed by atoms with E-state index < -0.39 is 0 Å². The summed E-state index contributed by atoms with van der Waals surface area (Å²) in [5, 5.41) is 3.46. The van der Waals surface area contributed by atoms with Gasteiger partial charge >= 0.3 is 0 Å². The molecule has 1 aromatic rings. The predicted molar refractivity (Wildman–Crippen MR) is 79.2 cm³/mol. The van der Waals surface area contributed by atoms with Crippen LogP contribution in [0, 0.1) is 0 Å². The second-order valence-electron chi connectivity index (χ2n) is 4.71. The summed E-state index contributed by atoms with van der Waals surface area (Å²) < 4.78 is 5.30. The smallest absolute Gasteiger partial charge is 0.0543 e. The maximum Gasteiger partial charge on any atom is 0.0543 e. The summed E-state index contributed by atoms with van der Waals surface area (Å²) in [4.78, 5) is 6.62. The van der Waals surface area contributed by atoms with Gasteiger partial charge in [-0.15, -0.1) is 0 Å². The highest BCUT2D eigenvalue weighted by atomic mass is 16.5. The van der Waals surface area contributed by atoms with E-state index in [1.807, 2.05) is 25.3 Å². The van der Waals surface area contributed by atoms with Crippen molar-refractivity contribution in [2.75, 3.05) is 39.9 Å². The third kappa shape index (κ3) is 8.70. The van der Waals surface area contributed by atoms with Gasteiger partial charge in [0.2, 0.25) is 0 Å². The number of likely N-dealkylation sites (N-methyl/N-ethyl adjacent to an activating group) is 1. The Kier molecular flexibility index (Phi) is 9.23. The molecular weight excluding hydrogens is 238 g/mol. The van der Waals surface area contributed by atoms with Crippen LogP contribution in [0.5, 0.6) is 0 Å². The maximum atomic E-state index is 5.30. The van der Waals surface area contributed by atoms with Crippen molar-refractivity contribution < 1.29 is 4.74 Å². The monoisotopic (exact) mass is 265 g/mol. The zero-order valence-electron chi connectivity index (χ0n) is 12.3. The topological polar surface area (TPSA) is 37.4 Å². The number of nitrogens with zero attached hydrogens (tertiary/aromatic N) is 2. The van der Waals surface area contributed by atoms with E-state index in [1.54, 1.807) is 0 Å². The van der Waals surface area contributed by atoms with Crippen molar-refractivity contribution in [1.29, 1.82) is 0 Å². The highest BCUT2D eigenvalue weighted by molar-refractivity contribution is 5.02. The molecule has 0 bridgehead atoms.